The van der Waals surface area contributed by atoms with Gasteiger partial charge in [0.1, 0.15) is 5.00 Å². The van der Waals surface area contributed by atoms with Gasteiger partial charge in [-0.15, -0.1) is 11.3 Å². The molecule has 1 aliphatic rings. The predicted molar refractivity (Wildman–Crippen MR) is 104 cm³/mol. The van der Waals surface area contributed by atoms with Crippen LogP contribution in [0.5, 0.6) is 0 Å². The van der Waals surface area contributed by atoms with Crippen LogP contribution in [0.4, 0.5) is 5.00 Å². The van der Waals surface area contributed by atoms with Crippen LogP contribution in [0.25, 0.3) is 0 Å². The molecule has 0 fully saturated rings. The number of fused-ring (bicyclic) bond motifs is 1. The maximum Gasteiger partial charge on any atom is 0.341 e. The topological polar surface area (TPSA) is 55.4 Å². The lowest BCUT2D eigenvalue weighted by molar-refractivity contribution is 0.0601. The van der Waals surface area contributed by atoms with E-state index in [0.717, 1.165) is 35.7 Å². The van der Waals surface area contributed by atoms with Gasteiger partial charge < -0.3 is 10.1 Å². The Morgan fingerprint density at radius 3 is 2.80 bits per heavy atom. The highest BCUT2D eigenvalue weighted by Crippen LogP contribution is 2.41. The van der Waals surface area contributed by atoms with Gasteiger partial charge in [-0.1, -0.05) is 25.5 Å². The highest BCUT2D eigenvalue weighted by Gasteiger charge is 2.29. The summed E-state index contributed by atoms with van der Waals surface area (Å²) >= 11 is 4.90. The molecule has 1 N–H and O–H groups in total. The average molecular weight is 422 g/mol. The highest BCUT2D eigenvalue weighted by molar-refractivity contribution is 9.10. The van der Waals surface area contributed by atoms with E-state index >= 15 is 0 Å². The molecule has 0 bridgehead atoms. The smallest absolute Gasteiger partial charge is 0.341 e. The lowest BCUT2D eigenvalue weighted by atomic mass is 9.85. The number of thiophene rings is 1. The zero-order valence-electron chi connectivity index (χ0n) is 14.2. The Balaban J connectivity index is 1.96. The minimum atomic E-state index is -0.380. The number of nitrogens with one attached hydrogen (secondary N) is 1. The number of rotatable bonds is 4. The van der Waals surface area contributed by atoms with Crippen LogP contribution in [-0.4, -0.2) is 19.0 Å². The molecule has 25 heavy (non-hydrogen) atoms. The maximum atomic E-state index is 12.6. The molecule has 1 aromatic carbocycles. The number of esters is 1. The number of amides is 1. The largest absolute Gasteiger partial charge is 0.465 e. The standard InChI is InChI=1S/C19H20BrNO3S/c1-3-11-8-9-13-15(10-11)25-18(16(13)19(23)24-2)21-17(22)12-6-4-5-7-14(12)20/h4-7,11H,3,8-10H2,1-2H3,(H,21,22)/t11-/m1/s1. The van der Waals surface area contributed by atoms with Crippen LogP contribution in [0, 0.1) is 5.92 Å². The van der Waals surface area contributed by atoms with Gasteiger partial charge in [0.15, 0.2) is 0 Å². The number of halogens is 1. The number of benzene rings is 1. The molecule has 1 aromatic heterocycles. The predicted octanol–water partition coefficient (Wildman–Crippen LogP) is 5.06. The number of anilines is 1. The van der Waals surface area contributed by atoms with Crippen molar-refractivity contribution in [2.75, 3.05) is 12.4 Å². The molecule has 1 heterocycles. The van der Waals surface area contributed by atoms with Crippen LogP contribution in [0.15, 0.2) is 28.7 Å². The second-order valence-corrected chi connectivity index (χ2v) is 8.11. The van der Waals surface area contributed by atoms with E-state index in [2.05, 4.69) is 28.2 Å². The zero-order chi connectivity index (χ0) is 18.0. The Kier molecular flexibility index (Phi) is 5.59. The Hall–Kier alpha value is -1.66. The molecule has 0 unspecified atom stereocenters. The molecule has 1 amide bonds. The summed E-state index contributed by atoms with van der Waals surface area (Å²) in [5.74, 6) is 0.0293. The lowest BCUT2D eigenvalue weighted by Gasteiger charge is -2.20. The summed E-state index contributed by atoms with van der Waals surface area (Å²) in [6.45, 7) is 2.19. The zero-order valence-corrected chi connectivity index (χ0v) is 16.6. The van der Waals surface area contributed by atoms with Crippen molar-refractivity contribution >= 4 is 44.1 Å². The molecule has 0 spiro atoms. The van der Waals surface area contributed by atoms with Crippen LogP contribution >= 0.6 is 27.3 Å². The molecule has 0 saturated heterocycles. The number of ether oxygens (including phenoxy) is 1. The second-order valence-electron chi connectivity index (χ2n) is 6.15. The van der Waals surface area contributed by atoms with E-state index < -0.39 is 0 Å². The molecule has 0 radical (unpaired) electrons. The molecular weight excluding hydrogens is 402 g/mol. The summed E-state index contributed by atoms with van der Waals surface area (Å²) < 4.78 is 5.69. The summed E-state index contributed by atoms with van der Waals surface area (Å²) in [6, 6.07) is 7.24. The van der Waals surface area contributed by atoms with Crippen molar-refractivity contribution in [1.29, 1.82) is 0 Å². The van der Waals surface area contributed by atoms with Crippen molar-refractivity contribution in [2.24, 2.45) is 5.92 Å². The molecular formula is C19H20BrNO3S. The van der Waals surface area contributed by atoms with Crippen LogP contribution in [0.2, 0.25) is 0 Å². The summed E-state index contributed by atoms with van der Waals surface area (Å²) in [5, 5.41) is 3.51. The van der Waals surface area contributed by atoms with E-state index in [9.17, 15) is 9.59 Å². The number of hydrogen-bond donors (Lipinski definition) is 1. The van der Waals surface area contributed by atoms with Crippen LogP contribution in [-0.2, 0) is 17.6 Å². The molecule has 2 aromatic rings. The van der Waals surface area contributed by atoms with Crippen molar-refractivity contribution in [3.05, 3.63) is 50.3 Å². The minimum Gasteiger partial charge on any atom is -0.465 e. The van der Waals surface area contributed by atoms with E-state index in [-0.39, 0.29) is 11.9 Å². The van der Waals surface area contributed by atoms with Gasteiger partial charge in [0, 0.05) is 9.35 Å². The Labute approximate surface area is 159 Å². The van der Waals surface area contributed by atoms with Gasteiger partial charge in [-0.25, -0.2) is 4.79 Å². The third kappa shape index (κ3) is 3.65. The molecule has 0 aliphatic heterocycles. The second kappa shape index (κ2) is 7.70. The van der Waals surface area contributed by atoms with Gasteiger partial charge in [-0.3, -0.25) is 4.79 Å². The van der Waals surface area contributed by atoms with Crippen molar-refractivity contribution in [1.82, 2.24) is 0 Å². The minimum absolute atomic E-state index is 0.233. The number of carbonyl (C=O) groups excluding carboxylic acids is 2. The van der Waals surface area contributed by atoms with Crippen molar-refractivity contribution in [2.45, 2.75) is 32.6 Å². The molecule has 1 atom stereocenters. The first-order valence-corrected chi connectivity index (χ1v) is 9.94. The number of methoxy groups -OCH3 is 1. The summed E-state index contributed by atoms with van der Waals surface area (Å²) in [6.07, 6.45) is 4.02. The first kappa shape index (κ1) is 18.1. The molecule has 132 valence electrons. The summed E-state index contributed by atoms with van der Waals surface area (Å²) in [7, 11) is 1.38. The Bertz CT molecular complexity index is 815. The van der Waals surface area contributed by atoms with E-state index in [4.69, 9.17) is 4.74 Å². The van der Waals surface area contributed by atoms with E-state index in [0.29, 0.717) is 22.0 Å². The Morgan fingerprint density at radius 2 is 2.12 bits per heavy atom. The van der Waals surface area contributed by atoms with Gasteiger partial charge in [0.2, 0.25) is 0 Å². The third-order valence-corrected chi connectivity index (χ3v) is 6.54. The normalized spacial score (nSPS) is 16.2. The van der Waals surface area contributed by atoms with Crippen molar-refractivity contribution in [3.8, 4) is 0 Å². The van der Waals surface area contributed by atoms with E-state index in [1.807, 2.05) is 18.2 Å². The van der Waals surface area contributed by atoms with Gasteiger partial charge >= 0.3 is 5.97 Å². The molecule has 3 rings (SSSR count). The van der Waals surface area contributed by atoms with Gasteiger partial charge in [-0.2, -0.15) is 0 Å². The summed E-state index contributed by atoms with van der Waals surface area (Å²) in [5.41, 5.74) is 2.11. The Morgan fingerprint density at radius 1 is 1.36 bits per heavy atom. The van der Waals surface area contributed by atoms with Crippen LogP contribution < -0.4 is 5.32 Å². The van der Waals surface area contributed by atoms with Crippen molar-refractivity contribution in [3.63, 3.8) is 0 Å². The fraction of sp³-hybridized carbons (Fsp3) is 0.368. The monoisotopic (exact) mass is 421 g/mol. The molecule has 1 aliphatic carbocycles. The SMILES string of the molecule is CC[C@@H]1CCc2c(sc(NC(=O)c3ccccc3Br)c2C(=O)OC)C1. The number of hydrogen-bond acceptors (Lipinski definition) is 4. The quantitative estimate of drug-likeness (QED) is 0.701. The lowest BCUT2D eigenvalue weighted by Crippen LogP contribution is -2.16. The fourth-order valence-electron chi connectivity index (χ4n) is 3.22. The first-order chi connectivity index (χ1) is 12.0. The maximum absolute atomic E-state index is 12.6. The molecule has 4 nitrogen and oxygen atoms in total. The van der Waals surface area contributed by atoms with E-state index in [1.165, 1.54) is 23.3 Å². The third-order valence-electron chi connectivity index (χ3n) is 4.68. The fourth-order valence-corrected chi connectivity index (χ4v) is 5.03. The molecule has 0 saturated carbocycles. The molecule has 6 heteroatoms. The average Bonchev–Trinajstić information content (AvgIpc) is 2.98. The van der Waals surface area contributed by atoms with Gasteiger partial charge in [-0.05, 0) is 58.8 Å². The van der Waals surface area contributed by atoms with Crippen LogP contribution in [0.3, 0.4) is 0 Å². The first-order valence-electron chi connectivity index (χ1n) is 8.33. The summed E-state index contributed by atoms with van der Waals surface area (Å²) in [4.78, 5) is 26.2. The van der Waals surface area contributed by atoms with Gasteiger partial charge in [0.25, 0.3) is 5.91 Å². The highest BCUT2D eigenvalue weighted by atomic mass is 79.9. The van der Waals surface area contributed by atoms with Gasteiger partial charge in [0.05, 0.1) is 18.2 Å². The van der Waals surface area contributed by atoms with Crippen LogP contribution in [0.1, 0.15) is 50.9 Å². The van der Waals surface area contributed by atoms with Crippen molar-refractivity contribution < 1.29 is 14.3 Å². The van der Waals surface area contributed by atoms with E-state index in [1.54, 1.807) is 6.07 Å². The number of carbonyl (C=O) groups is 2.